The van der Waals surface area contributed by atoms with Crippen molar-refractivity contribution in [1.82, 2.24) is 0 Å². The fourth-order valence-corrected chi connectivity index (χ4v) is 1.27. The van der Waals surface area contributed by atoms with Crippen molar-refractivity contribution < 1.29 is 9.53 Å². The predicted octanol–water partition coefficient (Wildman–Crippen LogP) is 2.02. The highest BCUT2D eigenvalue weighted by atomic mass is 16.5. The van der Waals surface area contributed by atoms with Crippen LogP contribution in [0.3, 0.4) is 0 Å². The van der Waals surface area contributed by atoms with Gasteiger partial charge in [-0.1, -0.05) is 13.0 Å². The highest BCUT2D eigenvalue weighted by molar-refractivity contribution is 5.94. The maximum atomic E-state index is 11.4. The molecule has 0 spiro atoms. The molecule has 4 nitrogen and oxygen atoms in total. The van der Waals surface area contributed by atoms with E-state index in [1.807, 2.05) is 6.92 Å². The number of ether oxygens (including phenoxy) is 1. The Morgan fingerprint density at radius 1 is 1.53 bits per heavy atom. The van der Waals surface area contributed by atoms with E-state index in [2.05, 4.69) is 5.32 Å². The zero-order valence-electron chi connectivity index (χ0n) is 9.04. The van der Waals surface area contributed by atoms with Gasteiger partial charge in [-0.05, 0) is 18.6 Å². The third kappa shape index (κ3) is 2.87. The number of nitrogen functional groups attached to an aromatic ring is 1. The van der Waals surface area contributed by atoms with E-state index in [9.17, 15) is 4.79 Å². The molecule has 15 heavy (non-hydrogen) atoms. The second kappa shape index (κ2) is 5.24. The van der Waals surface area contributed by atoms with Crippen molar-refractivity contribution in [3.8, 4) is 5.75 Å². The first kappa shape index (κ1) is 11.4. The molecule has 0 aliphatic heterocycles. The fraction of sp³-hybridized carbons (Fsp3) is 0.364. The van der Waals surface area contributed by atoms with E-state index in [1.54, 1.807) is 25.3 Å². The summed E-state index contributed by atoms with van der Waals surface area (Å²) in [5, 5.41) is 2.74. The summed E-state index contributed by atoms with van der Waals surface area (Å²) in [5.41, 5.74) is 6.87. The standard InChI is InChI=1S/C11H16N2O2/c1-3-5-10(14)13-8-6-4-7-9(15-2)11(8)12/h4,6-7H,3,5,12H2,1-2H3,(H,13,14). The van der Waals surface area contributed by atoms with Crippen LogP contribution < -0.4 is 15.8 Å². The van der Waals surface area contributed by atoms with E-state index in [0.717, 1.165) is 6.42 Å². The molecule has 1 amide bonds. The Morgan fingerprint density at radius 2 is 2.27 bits per heavy atom. The molecule has 3 N–H and O–H groups in total. The van der Waals surface area contributed by atoms with Crippen LogP contribution in [0, 0.1) is 0 Å². The van der Waals surface area contributed by atoms with Crippen LogP contribution in [0.25, 0.3) is 0 Å². The molecule has 0 bridgehead atoms. The van der Waals surface area contributed by atoms with Crippen LogP contribution in [0.5, 0.6) is 5.75 Å². The summed E-state index contributed by atoms with van der Waals surface area (Å²) in [6, 6.07) is 5.30. The molecule has 0 saturated carbocycles. The fourth-order valence-electron chi connectivity index (χ4n) is 1.27. The Bertz CT molecular complexity index is 350. The van der Waals surface area contributed by atoms with Crippen LogP contribution in [0.1, 0.15) is 19.8 Å². The molecule has 0 fully saturated rings. The van der Waals surface area contributed by atoms with Crippen LogP contribution in [-0.2, 0) is 4.79 Å². The summed E-state index contributed by atoms with van der Waals surface area (Å²) in [5.74, 6) is 0.543. The number of para-hydroxylation sites is 1. The van der Waals surface area contributed by atoms with Crippen LogP contribution >= 0.6 is 0 Å². The molecule has 0 atom stereocenters. The average molecular weight is 208 g/mol. The second-order valence-electron chi connectivity index (χ2n) is 3.22. The molecule has 4 heteroatoms. The number of hydrogen-bond donors (Lipinski definition) is 2. The van der Waals surface area contributed by atoms with Crippen molar-refractivity contribution in [2.75, 3.05) is 18.2 Å². The first-order chi connectivity index (χ1) is 7.19. The molecular formula is C11H16N2O2. The molecule has 0 unspecified atom stereocenters. The Labute approximate surface area is 89.4 Å². The maximum absolute atomic E-state index is 11.4. The Balaban J connectivity index is 2.81. The molecule has 0 aromatic heterocycles. The number of hydrogen-bond acceptors (Lipinski definition) is 3. The molecule has 1 rings (SSSR count). The normalized spacial score (nSPS) is 9.73. The zero-order valence-corrected chi connectivity index (χ0v) is 9.04. The van der Waals surface area contributed by atoms with Crippen molar-refractivity contribution in [1.29, 1.82) is 0 Å². The molecular weight excluding hydrogens is 192 g/mol. The lowest BCUT2D eigenvalue weighted by molar-refractivity contribution is -0.116. The van der Waals surface area contributed by atoms with Crippen molar-refractivity contribution >= 4 is 17.3 Å². The van der Waals surface area contributed by atoms with Gasteiger partial charge >= 0.3 is 0 Å². The van der Waals surface area contributed by atoms with Crippen LogP contribution in [0.4, 0.5) is 11.4 Å². The van der Waals surface area contributed by atoms with E-state index in [0.29, 0.717) is 23.5 Å². The van der Waals surface area contributed by atoms with Gasteiger partial charge < -0.3 is 15.8 Å². The molecule has 1 aromatic carbocycles. The van der Waals surface area contributed by atoms with Crippen molar-refractivity contribution in [3.63, 3.8) is 0 Å². The van der Waals surface area contributed by atoms with Gasteiger partial charge in [-0.3, -0.25) is 4.79 Å². The minimum atomic E-state index is -0.0301. The summed E-state index contributed by atoms with van der Waals surface area (Å²) in [6.45, 7) is 1.95. The largest absolute Gasteiger partial charge is 0.495 e. The summed E-state index contributed by atoms with van der Waals surface area (Å²) < 4.78 is 5.05. The minimum Gasteiger partial charge on any atom is -0.495 e. The van der Waals surface area contributed by atoms with E-state index in [-0.39, 0.29) is 5.91 Å². The smallest absolute Gasteiger partial charge is 0.224 e. The minimum absolute atomic E-state index is 0.0301. The lowest BCUT2D eigenvalue weighted by Gasteiger charge is -2.10. The average Bonchev–Trinajstić information content (AvgIpc) is 2.21. The van der Waals surface area contributed by atoms with Gasteiger partial charge in [0.25, 0.3) is 0 Å². The monoisotopic (exact) mass is 208 g/mol. The molecule has 1 aromatic rings. The van der Waals surface area contributed by atoms with E-state index in [1.165, 1.54) is 0 Å². The van der Waals surface area contributed by atoms with Crippen molar-refractivity contribution in [3.05, 3.63) is 18.2 Å². The number of methoxy groups -OCH3 is 1. The lowest BCUT2D eigenvalue weighted by atomic mass is 10.2. The molecule has 82 valence electrons. The first-order valence-corrected chi connectivity index (χ1v) is 4.91. The zero-order chi connectivity index (χ0) is 11.3. The topological polar surface area (TPSA) is 64.3 Å². The highest BCUT2D eigenvalue weighted by Gasteiger charge is 2.07. The predicted molar refractivity (Wildman–Crippen MR) is 60.9 cm³/mol. The van der Waals surface area contributed by atoms with Gasteiger partial charge in [0.1, 0.15) is 5.75 Å². The summed E-state index contributed by atoms with van der Waals surface area (Å²) in [7, 11) is 1.54. The van der Waals surface area contributed by atoms with Gasteiger partial charge in [0.2, 0.25) is 5.91 Å². The lowest BCUT2D eigenvalue weighted by Crippen LogP contribution is -2.12. The third-order valence-corrected chi connectivity index (χ3v) is 2.04. The number of carbonyl (C=O) groups excluding carboxylic acids is 1. The first-order valence-electron chi connectivity index (χ1n) is 4.91. The van der Waals surface area contributed by atoms with Crippen LogP contribution in [0.15, 0.2) is 18.2 Å². The van der Waals surface area contributed by atoms with E-state index < -0.39 is 0 Å². The van der Waals surface area contributed by atoms with E-state index >= 15 is 0 Å². The SMILES string of the molecule is CCCC(=O)Nc1cccc(OC)c1N. The molecule has 0 heterocycles. The second-order valence-corrected chi connectivity index (χ2v) is 3.22. The number of anilines is 2. The Hall–Kier alpha value is -1.71. The van der Waals surface area contributed by atoms with Crippen molar-refractivity contribution in [2.24, 2.45) is 0 Å². The van der Waals surface area contributed by atoms with Gasteiger partial charge in [0.05, 0.1) is 18.5 Å². The van der Waals surface area contributed by atoms with Crippen LogP contribution in [0.2, 0.25) is 0 Å². The molecule has 0 saturated heterocycles. The quantitative estimate of drug-likeness (QED) is 0.744. The number of nitrogens with one attached hydrogen (secondary N) is 1. The highest BCUT2D eigenvalue weighted by Crippen LogP contribution is 2.28. The third-order valence-electron chi connectivity index (χ3n) is 2.04. The Kier molecular flexibility index (Phi) is 3.97. The number of rotatable bonds is 4. The van der Waals surface area contributed by atoms with Gasteiger partial charge in [-0.2, -0.15) is 0 Å². The summed E-state index contributed by atoms with van der Waals surface area (Å²) in [6.07, 6.45) is 1.31. The van der Waals surface area contributed by atoms with Gasteiger partial charge in [-0.15, -0.1) is 0 Å². The molecule has 0 aliphatic rings. The summed E-state index contributed by atoms with van der Waals surface area (Å²) >= 11 is 0. The molecule has 0 radical (unpaired) electrons. The summed E-state index contributed by atoms with van der Waals surface area (Å²) in [4.78, 5) is 11.4. The number of amides is 1. The van der Waals surface area contributed by atoms with Crippen molar-refractivity contribution in [2.45, 2.75) is 19.8 Å². The number of nitrogens with two attached hydrogens (primary N) is 1. The Morgan fingerprint density at radius 3 is 2.87 bits per heavy atom. The maximum Gasteiger partial charge on any atom is 0.224 e. The number of benzene rings is 1. The van der Waals surface area contributed by atoms with Gasteiger partial charge in [-0.25, -0.2) is 0 Å². The number of carbonyl (C=O) groups is 1. The van der Waals surface area contributed by atoms with Gasteiger partial charge in [0, 0.05) is 6.42 Å². The van der Waals surface area contributed by atoms with E-state index in [4.69, 9.17) is 10.5 Å². The van der Waals surface area contributed by atoms with Crippen LogP contribution in [-0.4, -0.2) is 13.0 Å². The molecule has 0 aliphatic carbocycles. The van der Waals surface area contributed by atoms with Gasteiger partial charge in [0.15, 0.2) is 0 Å².